The van der Waals surface area contributed by atoms with Crippen molar-refractivity contribution < 1.29 is 0 Å². The average Bonchev–Trinajstić information content (AvgIpc) is 3.77. The highest BCUT2D eigenvalue weighted by atomic mass is 15.1. The average molecular weight is 639 g/mol. The van der Waals surface area contributed by atoms with E-state index in [9.17, 15) is 0 Å². The first kappa shape index (κ1) is 28.3. The number of fused-ring (bicyclic) bond motifs is 5. The Labute approximate surface area is 289 Å². The molecule has 0 saturated carbocycles. The highest BCUT2D eigenvalue weighted by Crippen LogP contribution is 2.44. The Morgan fingerprint density at radius 1 is 0.400 bits per heavy atom. The molecule has 0 radical (unpaired) electrons. The standard InChI is InChI=1S/C46H30N4/c1-4-14-32(15-5-1)42-37-20-10-11-21-38(37)43(33-16-6-2-7-17-33)45-44(42)48-41-29-28-35(30-49(41)45)31-24-26-34(27-25-31)46-47-39-22-12-13-23-40(39)50(46)36-18-8-3-9-19-36/h1-30H. The van der Waals surface area contributed by atoms with Crippen molar-refractivity contribution in [1.29, 1.82) is 0 Å². The third-order valence-corrected chi connectivity index (χ3v) is 9.73. The lowest BCUT2D eigenvalue weighted by Crippen LogP contribution is -1.97. The summed E-state index contributed by atoms with van der Waals surface area (Å²) in [6.07, 6.45) is 2.24. The van der Waals surface area contributed by atoms with E-state index in [0.717, 1.165) is 67.0 Å². The molecule has 50 heavy (non-hydrogen) atoms. The third kappa shape index (κ3) is 4.46. The fourth-order valence-corrected chi connectivity index (χ4v) is 7.47. The second-order valence-electron chi connectivity index (χ2n) is 12.7. The van der Waals surface area contributed by atoms with E-state index in [0.29, 0.717) is 0 Å². The van der Waals surface area contributed by atoms with E-state index >= 15 is 0 Å². The topological polar surface area (TPSA) is 35.1 Å². The Morgan fingerprint density at radius 3 is 1.68 bits per heavy atom. The smallest absolute Gasteiger partial charge is 0.145 e. The van der Waals surface area contributed by atoms with Crippen LogP contribution in [-0.2, 0) is 0 Å². The van der Waals surface area contributed by atoms with Crippen LogP contribution in [0.25, 0.3) is 88.9 Å². The summed E-state index contributed by atoms with van der Waals surface area (Å²) in [4.78, 5) is 10.4. The molecule has 0 aliphatic rings. The summed E-state index contributed by atoms with van der Waals surface area (Å²) in [5.74, 6) is 0.924. The second kappa shape index (κ2) is 11.4. The summed E-state index contributed by atoms with van der Waals surface area (Å²) < 4.78 is 4.53. The van der Waals surface area contributed by atoms with Crippen LogP contribution in [0, 0.1) is 0 Å². The van der Waals surface area contributed by atoms with Gasteiger partial charge in [0.05, 0.1) is 22.1 Å². The van der Waals surface area contributed by atoms with Gasteiger partial charge in [-0.2, -0.15) is 0 Å². The predicted octanol–water partition coefficient (Wildman–Crippen LogP) is 11.6. The van der Waals surface area contributed by atoms with Crippen LogP contribution in [0.15, 0.2) is 182 Å². The van der Waals surface area contributed by atoms with Gasteiger partial charge in [-0.1, -0.05) is 140 Å². The lowest BCUT2D eigenvalue weighted by Gasteiger charge is -2.15. The van der Waals surface area contributed by atoms with Crippen molar-refractivity contribution >= 4 is 38.5 Å². The molecule has 234 valence electrons. The van der Waals surface area contributed by atoms with Crippen molar-refractivity contribution in [3.8, 4) is 50.5 Å². The zero-order valence-corrected chi connectivity index (χ0v) is 27.1. The Morgan fingerprint density at radius 2 is 0.960 bits per heavy atom. The first-order chi connectivity index (χ1) is 24.8. The van der Waals surface area contributed by atoms with Gasteiger partial charge in [0.25, 0.3) is 0 Å². The number of benzene rings is 7. The van der Waals surface area contributed by atoms with Gasteiger partial charge in [-0.15, -0.1) is 0 Å². The largest absolute Gasteiger partial charge is 0.298 e. The van der Waals surface area contributed by atoms with E-state index < -0.39 is 0 Å². The predicted molar refractivity (Wildman–Crippen MR) is 207 cm³/mol. The van der Waals surface area contributed by atoms with E-state index in [1.807, 2.05) is 12.1 Å². The fraction of sp³-hybridized carbons (Fsp3) is 0. The van der Waals surface area contributed by atoms with Crippen molar-refractivity contribution in [2.24, 2.45) is 0 Å². The molecule has 0 bridgehead atoms. The summed E-state index contributed by atoms with van der Waals surface area (Å²) in [5, 5.41) is 2.41. The normalized spacial score (nSPS) is 11.6. The molecular weight excluding hydrogens is 609 g/mol. The molecule has 0 aliphatic carbocycles. The van der Waals surface area contributed by atoms with Gasteiger partial charge in [0, 0.05) is 28.6 Å². The van der Waals surface area contributed by atoms with Crippen molar-refractivity contribution in [1.82, 2.24) is 18.9 Å². The maximum absolute atomic E-state index is 5.33. The van der Waals surface area contributed by atoms with Gasteiger partial charge in [0.2, 0.25) is 0 Å². The number of para-hydroxylation sites is 3. The van der Waals surface area contributed by atoms with Crippen LogP contribution in [0.2, 0.25) is 0 Å². The minimum absolute atomic E-state index is 0.918. The first-order valence-corrected chi connectivity index (χ1v) is 16.9. The Bertz CT molecular complexity index is 2830. The number of imidazole rings is 2. The van der Waals surface area contributed by atoms with E-state index in [2.05, 4.69) is 179 Å². The van der Waals surface area contributed by atoms with Gasteiger partial charge in [-0.05, 0) is 69.4 Å². The molecule has 0 N–H and O–H groups in total. The number of pyridine rings is 1. The zero-order chi connectivity index (χ0) is 33.0. The van der Waals surface area contributed by atoms with Crippen molar-refractivity contribution in [3.05, 3.63) is 182 Å². The fourth-order valence-electron chi connectivity index (χ4n) is 7.47. The van der Waals surface area contributed by atoms with E-state index in [-0.39, 0.29) is 0 Å². The molecule has 0 unspecified atom stereocenters. The quantitative estimate of drug-likeness (QED) is 0.188. The van der Waals surface area contributed by atoms with Crippen LogP contribution in [0.4, 0.5) is 0 Å². The molecule has 3 heterocycles. The van der Waals surface area contributed by atoms with Crippen molar-refractivity contribution in [3.63, 3.8) is 0 Å². The van der Waals surface area contributed by atoms with Crippen molar-refractivity contribution in [2.45, 2.75) is 0 Å². The van der Waals surface area contributed by atoms with Crippen LogP contribution in [-0.4, -0.2) is 18.9 Å². The van der Waals surface area contributed by atoms with Crippen LogP contribution >= 0.6 is 0 Å². The molecule has 0 spiro atoms. The molecule has 3 aromatic heterocycles. The molecule has 0 amide bonds. The molecule has 7 aromatic carbocycles. The minimum atomic E-state index is 0.918. The number of hydrogen-bond donors (Lipinski definition) is 0. The van der Waals surface area contributed by atoms with Crippen LogP contribution < -0.4 is 0 Å². The number of rotatable bonds is 5. The maximum Gasteiger partial charge on any atom is 0.145 e. The van der Waals surface area contributed by atoms with Gasteiger partial charge in [-0.25, -0.2) is 9.97 Å². The van der Waals surface area contributed by atoms with Gasteiger partial charge in [0.1, 0.15) is 11.5 Å². The monoisotopic (exact) mass is 638 g/mol. The SMILES string of the molecule is c1ccc(-c2c3ccccc3c(-c3ccccc3)c3c2nc2ccc(-c4ccc(-c5nc6ccccc6n5-c5ccccc5)cc4)cn23)cc1. The van der Waals surface area contributed by atoms with Crippen LogP contribution in [0.3, 0.4) is 0 Å². The molecule has 10 rings (SSSR count). The van der Waals surface area contributed by atoms with Gasteiger partial charge >= 0.3 is 0 Å². The number of aromatic nitrogens is 4. The van der Waals surface area contributed by atoms with E-state index in [1.165, 1.54) is 21.9 Å². The highest BCUT2D eigenvalue weighted by molar-refractivity contribution is 6.20. The summed E-state index contributed by atoms with van der Waals surface area (Å²) >= 11 is 0. The molecule has 4 heteroatoms. The molecule has 0 saturated heterocycles. The zero-order valence-electron chi connectivity index (χ0n) is 27.1. The van der Waals surface area contributed by atoms with Gasteiger partial charge in [-0.3, -0.25) is 8.97 Å². The molecule has 4 nitrogen and oxygen atoms in total. The number of nitrogens with zero attached hydrogens (tertiary/aromatic N) is 4. The molecule has 0 atom stereocenters. The Balaban J connectivity index is 1.17. The highest BCUT2D eigenvalue weighted by Gasteiger charge is 2.21. The van der Waals surface area contributed by atoms with Crippen molar-refractivity contribution in [2.75, 3.05) is 0 Å². The molecule has 10 aromatic rings. The molecule has 0 fully saturated rings. The summed E-state index contributed by atoms with van der Waals surface area (Å²) in [5.41, 5.74) is 14.2. The summed E-state index contributed by atoms with van der Waals surface area (Å²) in [7, 11) is 0. The van der Waals surface area contributed by atoms with Gasteiger partial charge < -0.3 is 0 Å². The first-order valence-electron chi connectivity index (χ1n) is 16.9. The number of hydrogen-bond acceptors (Lipinski definition) is 2. The summed E-state index contributed by atoms with van der Waals surface area (Å²) in [6, 6.07) is 62.0. The second-order valence-corrected chi connectivity index (χ2v) is 12.7. The minimum Gasteiger partial charge on any atom is -0.298 e. The van der Waals surface area contributed by atoms with Gasteiger partial charge in [0.15, 0.2) is 0 Å². The van der Waals surface area contributed by atoms with E-state index in [4.69, 9.17) is 9.97 Å². The lowest BCUT2D eigenvalue weighted by molar-refractivity contribution is 1.10. The third-order valence-electron chi connectivity index (χ3n) is 9.73. The maximum atomic E-state index is 5.33. The van der Waals surface area contributed by atoms with Crippen LogP contribution in [0.1, 0.15) is 0 Å². The molecular formula is C46H30N4. The Kier molecular flexibility index (Phi) is 6.46. The Hall–Kier alpha value is -6.78. The summed E-state index contributed by atoms with van der Waals surface area (Å²) in [6.45, 7) is 0. The van der Waals surface area contributed by atoms with E-state index in [1.54, 1.807) is 0 Å². The molecule has 0 aliphatic heterocycles. The van der Waals surface area contributed by atoms with Crippen LogP contribution in [0.5, 0.6) is 0 Å². The lowest BCUT2D eigenvalue weighted by atomic mass is 9.90.